The van der Waals surface area contributed by atoms with Crippen LogP contribution in [0.3, 0.4) is 0 Å². The van der Waals surface area contributed by atoms with Crippen LogP contribution in [0.4, 0.5) is 0 Å². The van der Waals surface area contributed by atoms with E-state index in [-0.39, 0.29) is 12.4 Å². The molecular formula is C6H12ClN. The summed E-state index contributed by atoms with van der Waals surface area (Å²) < 4.78 is 0. The van der Waals surface area contributed by atoms with Gasteiger partial charge in [-0.2, -0.15) is 0 Å². The minimum absolute atomic E-state index is 0. The molecule has 0 aromatic rings. The third-order valence-electron chi connectivity index (χ3n) is 1.24. The van der Waals surface area contributed by atoms with Gasteiger partial charge in [-0.25, -0.2) is 0 Å². The van der Waals surface area contributed by atoms with E-state index in [1.165, 1.54) is 6.42 Å². The van der Waals surface area contributed by atoms with E-state index < -0.39 is 0 Å². The molecule has 0 aliphatic carbocycles. The van der Waals surface area contributed by atoms with E-state index in [1.54, 1.807) is 0 Å². The predicted molar refractivity (Wildman–Crippen MR) is 38.5 cm³/mol. The summed E-state index contributed by atoms with van der Waals surface area (Å²) in [7, 11) is 0. The first-order chi connectivity index (χ1) is 3.39. The van der Waals surface area contributed by atoms with E-state index in [9.17, 15) is 0 Å². The Hall–Kier alpha value is -0.0100. The van der Waals surface area contributed by atoms with Crippen molar-refractivity contribution in [2.24, 2.45) is 0 Å². The average Bonchev–Trinajstić information content (AvgIpc) is 1.69. The van der Waals surface area contributed by atoms with Gasteiger partial charge in [-0.3, -0.25) is 0 Å². The van der Waals surface area contributed by atoms with E-state index in [1.807, 2.05) is 0 Å². The Balaban J connectivity index is 0.000000490. The van der Waals surface area contributed by atoms with Crippen molar-refractivity contribution in [3.05, 3.63) is 12.2 Å². The minimum Gasteiger partial charge on any atom is -0.310 e. The van der Waals surface area contributed by atoms with E-state index in [0.717, 1.165) is 6.54 Å². The number of hydrogen-bond donors (Lipinski definition) is 1. The van der Waals surface area contributed by atoms with Crippen LogP contribution in [-0.4, -0.2) is 12.6 Å². The molecule has 1 aliphatic heterocycles. The minimum atomic E-state index is 0. The molecule has 0 aromatic carbocycles. The molecule has 0 aromatic heterocycles. The molecule has 1 aliphatic rings. The van der Waals surface area contributed by atoms with Crippen molar-refractivity contribution in [3.63, 3.8) is 0 Å². The maximum Gasteiger partial charge on any atom is 0.0137 e. The molecule has 1 N–H and O–H groups in total. The highest BCUT2D eigenvalue weighted by atomic mass is 35.5. The molecule has 0 radical (unpaired) electrons. The lowest BCUT2D eigenvalue weighted by Gasteiger charge is -2.12. The van der Waals surface area contributed by atoms with Gasteiger partial charge in [-0.15, -0.1) is 12.4 Å². The van der Waals surface area contributed by atoms with E-state index >= 15 is 0 Å². The molecule has 8 heavy (non-hydrogen) atoms. The summed E-state index contributed by atoms with van der Waals surface area (Å²) >= 11 is 0. The lowest BCUT2D eigenvalue weighted by molar-refractivity contribution is 0.570. The van der Waals surface area contributed by atoms with Gasteiger partial charge in [0.25, 0.3) is 0 Å². The molecule has 0 amide bonds. The second-order valence-corrected chi connectivity index (χ2v) is 2.02. The third kappa shape index (κ3) is 2.34. The van der Waals surface area contributed by atoms with Crippen LogP contribution < -0.4 is 5.32 Å². The molecule has 1 atom stereocenters. The van der Waals surface area contributed by atoms with Crippen LogP contribution in [0.1, 0.15) is 13.3 Å². The maximum absolute atomic E-state index is 3.30. The molecular weight excluding hydrogens is 122 g/mol. The van der Waals surface area contributed by atoms with Gasteiger partial charge in [-0.1, -0.05) is 12.2 Å². The number of hydrogen-bond acceptors (Lipinski definition) is 1. The number of halogens is 1. The van der Waals surface area contributed by atoms with Crippen molar-refractivity contribution >= 4 is 12.4 Å². The summed E-state index contributed by atoms with van der Waals surface area (Å²) in [6.07, 6.45) is 5.58. The van der Waals surface area contributed by atoms with E-state index in [2.05, 4.69) is 24.4 Å². The summed E-state index contributed by atoms with van der Waals surface area (Å²) in [5.74, 6) is 0. The quantitative estimate of drug-likeness (QED) is 0.492. The normalized spacial score (nSPS) is 26.9. The average molecular weight is 134 g/mol. The van der Waals surface area contributed by atoms with Crippen molar-refractivity contribution in [2.75, 3.05) is 6.54 Å². The lowest BCUT2D eigenvalue weighted by atomic mass is 10.2. The lowest BCUT2D eigenvalue weighted by Crippen LogP contribution is -2.27. The van der Waals surface area contributed by atoms with Crippen LogP contribution >= 0.6 is 12.4 Å². The molecule has 1 rings (SSSR count). The summed E-state index contributed by atoms with van der Waals surface area (Å²) in [5.41, 5.74) is 0. The Morgan fingerprint density at radius 2 is 2.25 bits per heavy atom. The fourth-order valence-electron chi connectivity index (χ4n) is 0.736. The van der Waals surface area contributed by atoms with Crippen LogP contribution in [0.5, 0.6) is 0 Å². The molecule has 1 nitrogen and oxygen atoms in total. The van der Waals surface area contributed by atoms with Crippen LogP contribution in [0.15, 0.2) is 12.2 Å². The third-order valence-corrected chi connectivity index (χ3v) is 1.24. The molecule has 0 saturated carbocycles. The Labute approximate surface area is 56.6 Å². The van der Waals surface area contributed by atoms with Crippen LogP contribution in [0.25, 0.3) is 0 Å². The fourth-order valence-corrected chi connectivity index (χ4v) is 0.736. The smallest absolute Gasteiger partial charge is 0.0137 e. The first-order valence-electron chi connectivity index (χ1n) is 2.78. The highest BCUT2D eigenvalue weighted by Gasteiger charge is 1.98. The van der Waals surface area contributed by atoms with Gasteiger partial charge in [0, 0.05) is 12.6 Å². The highest BCUT2D eigenvalue weighted by molar-refractivity contribution is 5.85. The van der Waals surface area contributed by atoms with Crippen molar-refractivity contribution in [1.29, 1.82) is 0 Å². The Kier molecular flexibility index (Phi) is 3.92. The van der Waals surface area contributed by atoms with Gasteiger partial charge in [0.15, 0.2) is 0 Å². The molecule has 0 spiro atoms. The molecule has 0 bridgehead atoms. The van der Waals surface area contributed by atoms with Gasteiger partial charge in [0.1, 0.15) is 0 Å². The molecule has 0 fully saturated rings. The Morgan fingerprint density at radius 3 is 2.50 bits per heavy atom. The highest BCUT2D eigenvalue weighted by Crippen LogP contribution is 1.95. The van der Waals surface area contributed by atoms with Crippen LogP contribution in [0, 0.1) is 0 Å². The van der Waals surface area contributed by atoms with Gasteiger partial charge >= 0.3 is 0 Å². The topological polar surface area (TPSA) is 12.0 Å². The fraction of sp³-hybridized carbons (Fsp3) is 0.667. The Morgan fingerprint density at radius 1 is 1.50 bits per heavy atom. The van der Waals surface area contributed by atoms with Crippen molar-refractivity contribution in [3.8, 4) is 0 Å². The molecule has 2 heteroatoms. The standard InChI is InChI=1S/C6H11N.ClH/c1-6-4-2-3-5-7-6;/h2-3,6-7H,4-5H2,1H3;1H/t6-;/m0./s1. The second kappa shape index (κ2) is 3.93. The maximum atomic E-state index is 3.30. The predicted octanol–water partition coefficient (Wildman–Crippen LogP) is 1.35. The van der Waals surface area contributed by atoms with Gasteiger partial charge in [0.2, 0.25) is 0 Å². The first-order valence-corrected chi connectivity index (χ1v) is 2.78. The summed E-state index contributed by atoms with van der Waals surface area (Å²) in [6.45, 7) is 3.25. The molecule has 1 heterocycles. The van der Waals surface area contributed by atoms with Crippen molar-refractivity contribution in [2.45, 2.75) is 19.4 Å². The zero-order valence-corrected chi connectivity index (χ0v) is 5.87. The van der Waals surface area contributed by atoms with Crippen LogP contribution in [0.2, 0.25) is 0 Å². The van der Waals surface area contributed by atoms with Gasteiger partial charge in [0.05, 0.1) is 0 Å². The summed E-state index contributed by atoms with van der Waals surface area (Å²) in [4.78, 5) is 0. The van der Waals surface area contributed by atoms with Crippen molar-refractivity contribution < 1.29 is 0 Å². The number of rotatable bonds is 0. The second-order valence-electron chi connectivity index (χ2n) is 2.02. The summed E-state index contributed by atoms with van der Waals surface area (Å²) in [6, 6.07) is 0.699. The molecule has 0 unspecified atom stereocenters. The molecule has 0 saturated heterocycles. The number of nitrogens with one attached hydrogen (secondary N) is 1. The Bertz CT molecular complexity index is 80.6. The van der Waals surface area contributed by atoms with E-state index in [0.29, 0.717) is 6.04 Å². The zero-order chi connectivity index (χ0) is 5.11. The SMILES string of the molecule is C[C@H]1CC=CCN1.Cl. The molecule has 48 valence electrons. The van der Waals surface area contributed by atoms with Crippen molar-refractivity contribution in [1.82, 2.24) is 5.32 Å². The largest absolute Gasteiger partial charge is 0.310 e. The first kappa shape index (κ1) is 7.99. The van der Waals surface area contributed by atoms with Gasteiger partial charge in [-0.05, 0) is 13.3 Å². The zero-order valence-electron chi connectivity index (χ0n) is 5.05. The summed E-state index contributed by atoms with van der Waals surface area (Å²) in [5, 5.41) is 3.30. The van der Waals surface area contributed by atoms with E-state index in [4.69, 9.17) is 0 Å². The van der Waals surface area contributed by atoms with Gasteiger partial charge < -0.3 is 5.32 Å². The monoisotopic (exact) mass is 133 g/mol. The van der Waals surface area contributed by atoms with Crippen LogP contribution in [-0.2, 0) is 0 Å².